The van der Waals surface area contributed by atoms with Crippen LogP contribution >= 0.6 is 27.5 Å². The highest BCUT2D eigenvalue weighted by Gasteiger charge is 2.21. The molecule has 1 atom stereocenters. The normalized spacial score (nSPS) is 11.9. The van der Waals surface area contributed by atoms with Crippen LogP contribution in [0.15, 0.2) is 18.2 Å². The van der Waals surface area contributed by atoms with Crippen molar-refractivity contribution in [2.75, 3.05) is 7.11 Å². The Morgan fingerprint density at radius 2 is 2.29 bits per heavy atom. The molecule has 0 N–H and O–H groups in total. The van der Waals surface area contributed by atoms with Gasteiger partial charge >= 0.3 is 5.97 Å². The van der Waals surface area contributed by atoms with E-state index >= 15 is 0 Å². The number of carbonyl (C=O) groups excluding carboxylic acids is 1. The second-order valence-electron chi connectivity index (χ2n) is 3.22. The van der Waals surface area contributed by atoms with Crippen LogP contribution in [-0.2, 0) is 16.0 Å². The Kier molecular flexibility index (Phi) is 4.89. The Labute approximate surface area is 111 Å². The molecule has 0 aliphatic heterocycles. The quantitative estimate of drug-likeness (QED) is 0.370. The van der Waals surface area contributed by atoms with E-state index in [4.69, 9.17) is 11.6 Å². The summed E-state index contributed by atoms with van der Waals surface area (Å²) in [6.45, 7) is 0. The molecule has 0 heterocycles. The van der Waals surface area contributed by atoms with Crippen molar-refractivity contribution < 1.29 is 14.5 Å². The molecule has 0 aliphatic carbocycles. The molecule has 0 amide bonds. The SMILES string of the molecule is COC(=O)C(Br)Cc1cc(Cl)ccc1[N+](=O)[O-]. The summed E-state index contributed by atoms with van der Waals surface area (Å²) in [6, 6.07) is 4.22. The van der Waals surface area contributed by atoms with Crippen LogP contribution in [-0.4, -0.2) is 22.8 Å². The number of hydrogen-bond donors (Lipinski definition) is 0. The summed E-state index contributed by atoms with van der Waals surface area (Å²) in [5.74, 6) is -0.487. The van der Waals surface area contributed by atoms with Crippen LogP contribution in [0.5, 0.6) is 0 Å². The Morgan fingerprint density at radius 3 is 2.82 bits per heavy atom. The molecular formula is C10H9BrClNO4. The smallest absolute Gasteiger partial charge is 0.319 e. The average Bonchev–Trinajstić information content (AvgIpc) is 2.27. The molecule has 92 valence electrons. The van der Waals surface area contributed by atoms with Crippen molar-refractivity contribution >= 4 is 39.2 Å². The number of rotatable bonds is 4. The van der Waals surface area contributed by atoms with Crippen LogP contribution in [0.25, 0.3) is 0 Å². The molecule has 0 radical (unpaired) electrons. The van der Waals surface area contributed by atoms with Gasteiger partial charge in [-0.15, -0.1) is 0 Å². The number of benzene rings is 1. The topological polar surface area (TPSA) is 69.4 Å². The zero-order valence-corrected chi connectivity index (χ0v) is 11.2. The molecule has 1 aromatic rings. The van der Waals surface area contributed by atoms with E-state index in [0.29, 0.717) is 10.6 Å². The molecule has 1 rings (SSSR count). The number of nitro benzene ring substituents is 1. The molecule has 7 heteroatoms. The van der Waals surface area contributed by atoms with Gasteiger partial charge in [0.2, 0.25) is 0 Å². The fourth-order valence-corrected chi connectivity index (χ4v) is 2.03. The van der Waals surface area contributed by atoms with Gasteiger partial charge in [-0.25, -0.2) is 0 Å². The van der Waals surface area contributed by atoms with E-state index < -0.39 is 15.7 Å². The second-order valence-corrected chi connectivity index (χ2v) is 4.77. The van der Waals surface area contributed by atoms with Crippen molar-refractivity contribution in [3.8, 4) is 0 Å². The maximum Gasteiger partial charge on any atom is 0.319 e. The first-order chi connectivity index (χ1) is 7.95. The van der Waals surface area contributed by atoms with Gasteiger partial charge in [-0.05, 0) is 12.1 Å². The van der Waals surface area contributed by atoms with Crippen molar-refractivity contribution in [2.24, 2.45) is 0 Å². The number of nitro groups is 1. The van der Waals surface area contributed by atoms with E-state index in [1.165, 1.54) is 25.3 Å². The van der Waals surface area contributed by atoms with E-state index in [0.717, 1.165) is 0 Å². The number of methoxy groups -OCH3 is 1. The van der Waals surface area contributed by atoms with E-state index in [1.54, 1.807) is 0 Å². The summed E-state index contributed by atoms with van der Waals surface area (Å²) in [7, 11) is 1.25. The molecular weight excluding hydrogens is 313 g/mol. The first kappa shape index (κ1) is 13.9. The predicted octanol–water partition coefficient (Wildman–Crippen LogP) is 2.73. The largest absolute Gasteiger partial charge is 0.468 e. The lowest BCUT2D eigenvalue weighted by Crippen LogP contribution is -2.18. The summed E-state index contributed by atoms with van der Waals surface area (Å²) >= 11 is 8.87. The van der Waals surface area contributed by atoms with Gasteiger partial charge in [0.1, 0.15) is 4.83 Å². The highest BCUT2D eigenvalue weighted by atomic mass is 79.9. The van der Waals surface area contributed by atoms with E-state index in [1.807, 2.05) is 0 Å². The third-order valence-corrected chi connectivity index (χ3v) is 3.03. The van der Waals surface area contributed by atoms with Crippen molar-refractivity contribution in [3.05, 3.63) is 38.9 Å². The van der Waals surface area contributed by atoms with Gasteiger partial charge in [-0.2, -0.15) is 0 Å². The Morgan fingerprint density at radius 1 is 1.65 bits per heavy atom. The zero-order chi connectivity index (χ0) is 13.0. The number of alkyl halides is 1. The molecule has 1 aromatic carbocycles. The van der Waals surface area contributed by atoms with Crippen LogP contribution in [0.4, 0.5) is 5.69 Å². The van der Waals surface area contributed by atoms with Gasteiger partial charge in [0.15, 0.2) is 0 Å². The third-order valence-electron chi connectivity index (χ3n) is 2.09. The van der Waals surface area contributed by atoms with Gasteiger partial charge in [0, 0.05) is 23.1 Å². The van der Waals surface area contributed by atoms with Crippen LogP contribution < -0.4 is 0 Å². The monoisotopic (exact) mass is 321 g/mol. The minimum Gasteiger partial charge on any atom is -0.468 e. The Balaban J connectivity index is 3.00. The Bertz CT molecular complexity index is 452. The molecule has 0 saturated heterocycles. The predicted molar refractivity (Wildman–Crippen MR) is 66.5 cm³/mol. The molecule has 17 heavy (non-hydrogen) atoms. The molecule has 1 unspecified atom stereocenters. The summed E-state index contributed by atoms with van der Waals surface area (Å²) in [5, 5.41) is 11.2. The van der Waals surface area contributed by atoms with Gasteiger partial charge in [0.25, 0.3) is 5.69 Å². The van der Waals surface area contributed by atoms with Crippen molar-refractivity contribution in [2.45, 2.75) is 11.2 Å². The number of esters is 1. The van der Waals surface area contributed by atoms with E-state index in [9.17, 15) is 14.9 Å². The molecule has 0 bridgehead atoms. The van der Waals surface area contributed by atoms with E-state index in [2.05, 4.69) is 20.7 Å². The third kappa shape index (κ3) is 3.67. The lowest BCUT2D eigenvalue weighted by atomic mass is 10.1. The number of halogens is 2. The first-order valence-corrected chi connectivity index (χ1v) is 5.89. The van der Waals surface area contributed by atoms with Gasteiger partial charge in [-0.3, -0.25) is 14.9 Å². The molecule has 0 saturated carbocycles. The number of carbonyl (C=O) groups is 1. The van der Waals surface area contributed by atoms with Crippen molar-refractivity contribution in [3.63, 3.8) is 0 Å². The van der Waals surface area contributed by atoms with E-state index in [-0.39, 0.29) is 12.1 Å². The zero-order valence-electron chi connectivity index (χ0n) is 8.85. The van der Waals surface area contributed by atoms with Crippen LogP contribution in [0, 0.1) is 10.1 Å². The summed E-state index contributed by atoms with van der Waals surface area (Å²) in [4.78, 5) is 20.8. The summed E-state index contributed by atoms with van der Waals surface area (Å²) in [6.07, 6.45) is 0.142. The fourth-order valence-electron chi connectivity index (χ4n) is 1.30. The van der Waals surface area contributed by atoms with Crippen LogP contribution in [0.3, 0.4) is 0 Å². The second kappa shape index (κ2) is 5.97. The molecule has 0 aliphatic rings. The maximum atomic E-state index is 11.2. The van der Waals surface area contributed by atoms with Crippen molar-refractivity contribution in [1.82, 2.24) is 0 Å². The number of nitrogens with zero attached hydrogens (tertiary/aromatic N) is 1. The highest BCUT2D eigenvalue weighted by molar-refractivity contribution is 9.10. The Hall–Kier alpha value is -1.14. The average molecular weight is 323 g/mol. The van der Waals surface area contributed by atoms with Crippen LogP contribution in [0.2, 0.25) is 5.02 Å². The summed E-state index contributed by atoms with van der Waals surface area (Å²) in [5.41, 5.74) is 0.317. The molecule has 0 fully saturated rings. The number of hydrogen-bond acceptors (Lipinski definition) is 4. The van der Waals surface area contributed by atoms with Gasteiger partial charge in [-0.1, -0.05) is 27.5 Å². The fraction of sp³-hybridized carbons (Fsp3) is 0.300. The molecule has 0 spiro atoms. The first-order valence-electron chi connectivity index (χ1n) is 4.60. The lowest BCUT2D eigenvalue weighted by molar-refractivity contribution is -0.385. The highest BCUT2D eigenvalue weighted by Crippen LogP contribution is 2.25. The summed E-state index contributed by atoms with van der Waals surface area (Å²) < 4.78 is 4.53. The van der Waals surface area contributed by atoms with Gasteiger partial charge in [0.05, 0.1) is 12.0 Å². The lowest BCUT2D eigenvalue weighted by Gasteiger charge is -2.08. The van der Waals surface area contributed by atoms with Crippen molar-refractivity contribution in [1.29, 1.82) is 0 Å². The minimum absolute atomic E-state index is 0.0669. The minimum atomic E-state index is -0.635. The standard InChI is InChI=1S/C10H9BrClNO4/c1-17-10(14)8(11)5-6-4-7(12)2-3-9(6)13(15)16/h2-4,8H,5H2,1H3. The van der Waals surface area contributed by atoms with Crippen LogP contribution in [0.1, 0.15) is 5.56 Å². The van der Waals surface area contributed by atoms with Gasteiger partial charge < -0.3 is 4.74 Å². The maximum absolute atomic E-state index is 11.2. The number of ether oxygens (including phenoxy) is 1. The molecule has 5 nitrogen and oxygen atoms in total. The molecule has 0 aromatic heterocycles.